The zero-order chi connectivity index (χ0) is 13.2. The lowest BCUT2D eigenvalue weighted by Crippen LogP contribution is -2.21. The van der Waals surface area contributed by atoms with Crippen LogP contribution in [-0.2, 0) is 0 Å². The van der Waals surface area contributed by atoms with Crippen LogP contribution < -0.4 is 11.1 Å². The lowest BCUT2D eigenvalue weighted by atomic mass is 10.1. The molecule has 2 aromatic rings. The number of nitrogens with zero attached hydrogens (tertiary/aromatic N) is 2. The van der Waals surface area contributed by atoms with Crippen LogP contribution >= 0.6 is 11.5 Å². The molecule has 0 atom stereocenters. The molecule has 4 nitrogen and oxygen atoms in total. The largest absolute Gasteiger partial charge is 0.405 e. The Morgan fingerprint density at radius 2 is 2.17 bits per heavy atom. The zero-order valence-electron chi connectivity index (χ0n) is 9.03. The van der Waals surface area contributed by atoms with Crippen LogP contribution in [-0.4, -0.2) is 22.1 Å². The minimum atomic E-state index is -4.29. The quantitative estimate of drug-likeness (QED) is 0.903. The molecular formula is C10H9F3N4S. The highest BCUT2D eigenvalue weighted by Crippen LogP contribution is 2.36. The van der Waals surface area contributed by atoms with E-state index in [4.69, 9.17) is 5.73 Å². The fourth-order valence-electron chi connectivity index (χ4n) is 1.39. The van der Waals surface area contributed by atoms with Crippen LogP contribution in [0.2, 0.25) is 0 Å². The van der Waals surface area contributed by atoms with Crippen molar-refractivity contribution in [3.8, 4) is 11.1 Å². The molecule has 0 aliphatic carbocycles. The van der Waals surface area contributed by atoms with Gasteiger partial charge in [-0.1, -0.05) is 6.07 Å². The third kappa shape index (κ3) is 2.89. The summed E-state index contributed by atoms with van der Waals surface area (Å²) in [6.45, 7) is -1.12. The standard InChI is InChI=1S/C10H9F3N4S/c11-10(12,13)5-16-9-7(8(14)17-18-9)6-2-1-3-15-4-6/h1-4,16H,5H2,(H2,14,17). The molecule has 0 unspecified atom stereocenters. The molecule has 0 aromatic carbocycles. The van der Waals surface area contributed by atoms with Crippen molar-refractivity contribution in [3.05, 3.63) is 24.5 Å². The van der Waals surface area contributed by atoms with E-state index in [9.17, 15) is 13.2 Å². The van der Waals surface area contributed by atoms with E-state index in [0.29, 0.717) is 11.1 Å². The molecule has 2 aromatic heterocycles. The number of pyridine rings is 1. The van der Waals surface area contributed by atoms with Crippen LogP contribution in [0.5, 0.6) is 0 Å². The average molecular weight is 274 g/mol. The molecule has 0 aliphatic rings. The van der Waals surface area contributed by atoms with Gasteiger partial charge in [-0.3, -0.25) is 4.98 Å². The second-order valence-electron chi connectivity index (χ2n) is 3.48. The molecule has 8 heteroatoms. The van der Waals surface area contributed by atoms with Crippen LogP contribution in [0.3, 0.4) is 0 Å². The van der Waals surface area contributed by atoms with Gasteiger partial charge in [0.25, 0.3) is 0 Å². The average Bonchev–Trinajstić information content (AvgIpc) is 2.68. The van der Waals surface area contributed by atoms with E-state index in [1.807, 2.05) is 0 Å². The number of hydrogen-bond acceptors (Lipinski definition) is 5. The lowest BCUT2D eigenvalue weighted by molar-refractivity contribution is -0.115. The second kappa shape index (κ2) is 4.81. The SMILES string of the molecule is Nc1nsc(NCC(F)(F)F)c1-c1cccnc1. The van der Waals surface area contributed by atoms with Crippen LogP contribution in [0.25, 0.3) is 11.1 Å². The van der Waals surface area contributed by atoms with Gasteiger partial charge in [-0.05, 0) is 17.6 Å². The highest BCUT2D eigenvalue weighted by atomic mass is 32.1. The summed E-state index contributed by atoms with van der Waals surface area (Å²) in [5, 5.41) is 2.59. The maximum atomic E-state index is 12.2. The zero-order valence-corrected chi connectivity index (χ0v) is 9.85. The van der Waals surface area contributed by atoms with Crippen molar-refractivity contribution in [1.29, 1.82) is 0 Å². The minimum Gasteiger partial charge on any atom is -0.382 e. The number of rotatable bonds is 3. The van der Waals surface area contributed by atoms with Crippen molar-refractivity contribution < 1.29 is 13.2 Å². The normalized spacial score (nSPS) is 11.5. The maximum absolute atomic E-state index is 12.2. The fourth-order valence-corrected chi connectivity index (χ4v) is 2.12. The van der Waals surface area contributed by atoms with E-state index in [0.717, 1.165) is 11.5 Å². The van der Waals surface area contributed by atoms with Crippen LogP contribution in [0.1, 0.15) is 0 Å². The first-order valence-corrected chi connectivity index (χ1v) is 5.71. The Morgan fingerprint density at radius 1 is 1.39 bits per heavy atom. The van der Waals surface area contributed by atoms with Gasteiger partial charge in [0, 0.05) is 18.0 Å². The Bertz CT molecular complexity index is 524. The van der Waals surface area contributed by atoms with Gasteiger partial charge in [-0.15, -0.1) is 0 Å². The Morgan fingerprint density at radius 3 is 2.78 bits per heavy atom. The molecule has 0 fully saturated rings. The molecule has 2 heterocycles. The van der Waals surface area contributed by atoms with Crippen molar-refractivity contribution in [3.63, 3.8) is 0 Å². The number of nitrogens with one attached hydrogen (secondary N) is 1. The second-order valence-corrected chi connectivity index (χ2v) is 4.26. The summed E-state index contributed by atoms with van der Waals surface area (Å²) in [5.41, 5.74) is 6.75. The molecule has 0 saturated carbocycles. The Kier molecular flexibility index (Phi) is 3.37. The first-order chi connectivity index (χ1) is 8.47. The highest BCUT2D eigenvalue weighted by molar-refractivity contribution is 7.11. The molecule has 0 spiro atoms. The Balaban J connectivity index is 2.28. The van der Waals surface area contributed by atoms with Gasteiger partial charge in [0.05, 0.1) is 5.56 Å². The number of alkyl halides is 3. The van der Waals surface area contributed by atoms with E-state index in [1.165, 1.54) is 6.20 Å². The van der Waals surface area contributed by atoms with Crippen LogP contribution in [0.15, 0.2) is 24.5 Å². The maximum Gasteiger partial charge on any atom is 0.405 e. The number of aromatic nitrogens is 2. The van der Waals surface area contributed by atoms with Gasteiger partial charge >= 0.3 is 6.18 Å². The van der Waals surface area contributed by atoms with Crippen molar-refractivity contribution >= 4 is 22.4 Å². The molecule has 0 bridgehead atoms. The van der Waals surface area contributed by atoms with Gasteiger partial charge < -0.3 is 11.1 Å². The number of nitrogens with two attached hydrogens (primary N) is 1. The summed E-state index contributed by atoms with van der Waals surface area (Å²) in [6.07, 6.45) is -1.19. The number of anilines is 2. The van der Waals surface area contributed by atoms with E-state index in [-0.39, 0.29) is 10.8 Å². The fraction of sp³-hybridized carbons (Fsp3) is 0.200. The molecule has 0 radical (unpaired) electrons. The van der Waals surface area contributed by atoms with E-state index >= 15 is 0 Å². The smallest absolute Gasteiger partial charge is 0.382 e. The summed E-state index contributed by atoms with van der Waals surface area (Å²) in [6, 6.07) is 3.39. The Hall–Kier alpha value is -1.83. The number of nitrogen functional groups attached to an aromatic ring is 1. The first kappa shape index (κ1) is 12.6. The predicted molar refractivity (Wildman–Crippen MR) is 64.3 cm³/mol. The van der Waals surface area contributed by atoms with E-state index < -0.39 is 12.7 Å². The molecule has 3 N–H and O–H groups in total. The van der Waals surface area contributed by atoms with Gasteiger partial charge in [0.2, 0.25) is 0 Å². The van der Waals surface area contributed by atoms with Crippen molar-refractivity contribution in [1.82, 2.24) is 9.36 Å². The third-order valence-electron chi connectivity index (χ3n) is 2.12. The highest BCUT2D eigenvalue weighted by Gasteiger charge is 2.28. The van der Waals surface area contributed by atoms with Gasteiger partial charge in [0.15, 0.2) is 0 Å². The van der Waals surface area contributed by atoms with E-state index in [2.05, 4.69) is 14.7 Å². The molecule has 0 saturated heterocycles. The third-order valence-corrected chi connectivity index (χ3v) is 2.94. The molecular weight excluding hydrogens is 265 g/mol. The van der Waals surface area contributed by atoms with Crippen molar-refractivity contribution in [2.75, 3.05) is 17.6 Å². The van der Waals surface area contributed by atoms with E-state index in [1.54, 1.807) is 18.3 Å². The van der Waals surface area contributed by atoms with Crippen molar-refractivity contribution in [2.45, 2.75) is 6.18 Å². The monoisotopic (exact) mass is 274 g/mol. The topological polar surface area (TPSA) is 63.8 Å². The Labute approximate surface area is 105 Å². The number of hydrogen-bond donors (Lipinski definition) is 2. The van der Waals surface area contributed by atoms with Gasteiger partial charge in [-0.2, -0.15) is 17.5 Å². The molecule has 0 amide bonds. The van der Waals surface area contributed by atoms with Gasteiger partial charge in [-0.25, -0.2) is 0 Å². The lowest BCUT2D eigenvalue weighted by Gasteiger charge is -2.09. The van der Waals surface area contributed by atoms with Crippen LogP contribution in [0.4, 0.5) is 24.0 Å². The molecule has 0 aliphatic heterocycles. The first-order valence-electron chi connectivity index (χ1n) is 4.93. The van der Waals surface area contributed by atoms with Gasteiger partial charge in [0.1, 0.15) is 17.4 Å². The molecule has 2 rings (SSSR count). The van der Waals surface area contributed by atoms with Crippen molar-refractivity contribution in [2.24, 2.45) is 0 Å². The van der Waals surface area contributed by atoms with Crippen LogP contribution in [0, 0.1) is 0 Å². The summed E-state index contributed by atoms with van der Waals surface area (Å²) in [4.78, 5) is 3.90. The number of halogens is 3. The molecule has 18 heavy (non-hydrogen) atoms. The summed E-state index contributed by atoms with van der Waals surface area (Å²) < 4.78 is 40.3. The summed E-state index contributed by atoms with van der Waals surface area (Å²) in [5.74, 6) is 0.192. The minimum absolute atomic E-state index is 0.192. The molecule has 96 valence electrons. The predicted octanol–water partition coefficient (Wildman–Crippen LogP) is 2.76. The summed E-state index contributed by atoms with van der Waals surface area (Å²) in [7, 11) is 0. The summed E-state index contributed by atoms with van der Waals surface area (Å²) >= 11 is 0.898.